The van der Waals surface area contributed by atoms with E-state index in [0.717, 1.165) is 47.5 Å². The number of carbonyl (C=O) groups excluding carboxylic acids is 2. The molecule has 40 heavy (non-hydrogen) atoms. The Hall–Kier alpha value is -4.03. The summed E-state index contributed by atoms with van der Waals surface area (Å²) in [5, 5.41) is 15.3. The summed E-state index contributed by atoms with van der Waals surface area (Å²) in [5.41, 5.74) is 9.46. The van der Waals surface area contributed by atoms with Crippen molar-refractivity contribution in [1.29, 1.82) is 0 Å². The van der Waals surface area contributed by atoms with Crippen LogP contribution in [-0.2, 0) is 44.4 Å². The van der Waals surface area contributed by atoms with Gasteiger partial charge < -0.3 is 16.1 Å². The summed E-state index contributed by atoms with van der Waals surface area (Å²) in [6, 6.07) is 16.6. The van der Waals surface area contributed by atoms with Crippen molar-refractivity contribution in [3.05, 3.63) is 100.0 Å². The van der Waals surface area contributed by atoms with E-state index in [2.05, 4.69) is 31.7 Å². The maximum atomic E-state index is 12.5. The van der Waals surface area contributed by atoms with Gasteiger partial charge in [-0.05, 0) is 48.1 Å². The van der Waals surface area contributed by atoms with Crippen LogP contribution in [0.3, 0.4) is 0 Å². The molecule has 1 aliphatic rings. The second-order valence-electron chi connectivity index (χ2n) is 9.56. The molecule has 4 N–H and O–H groups in total. The Morgan fingerprint density at radius 2 is 1.52 bits per heavy atom. The minimum Gasteiger partial charge on any atom is -0.311 e. The molecule has 4 rings (SSSR count). The van der Waals surface area contributed by atoms with Crippen molar-refractivity contribution in [3.8, 4) is 0 Å². The number of anilines is 1. The molecule has 10 nitrogen and oxygen atoms in total. The smallest absolute Gasteiger partial charge is 0.230 e. The molecule has 0 aliphatic carbocycles. The number of allylic oxidation sites excluding steroid dienone is 3. The highest BCUT2D eigenvalue weighted by atomic mass is 32.2. The molecule has 210 valence electrons. The molecular formula is C28H32N6O4S2. The van der Waals surface area contributed by atoms with E-state index in [1.54, 1.807) is 30.3 Å². The highest BCUT2D eigenvalue weighted by Crippen LogP contribution is 2.19. The molecule has 12 heteroatoms. The van der Waals surface area contributed by atoms with E-state index in [1.807, 2.05) is 36.4 Å². The van der Waals surface area contributed by atoms with Crippen LogP contribution in [0, 0.1) is 0 Å². The van der Waals surface area contributed by atoms with E-state index in [-0.39, 0.29) is 24.0 Å². The molecule has 2 amide bonds. The molecule has 0 atom stereocenters. The first kappa shape index (κ1) is 29.0. The van der Waals surface area contributed by atoms with Gasteiger partial charge in [0.15, 0.2) is 9.84 Å². The van der Waals surface area contributed by atoms with Gasteiger partial charge in [-0.15, -0.1) is 10.2 Å². The SMILES string of the molecule is CS(=O)(=O)Cc1cccc(CC(=O)NC2=CC=C(CCCCc3nnc(NC(=O)Cc4ccccc4)s3)NN2)c1. The van der Waals surface area contributed by atoms with Crippen molar-refractivity contribution in [2.75, 3.05) is 11.6 Å². The lowest BCUT2D eigenvalue weighted by atomic mass is 10.1. The first-order chi connectivity index (χ1) is 19.2. The van der Waals surface area contributed by atoms with Crippen molar-refractivity contribution in [1.82, 2.24) is 26.4 Å². The number of rotatable bonds is 13. The minimum absolute atomic E-state index is 0.0537. The van der Waals surface area contributed by atoms with E-state index in [9.17, 15) is 18.0 Å². The largest absolute Gasteiger partial charge is 0.311 e. The summed E-state index contributed by atoms with van der Waals surface area (Å²) in [6.07, 6.45) is 8.78. The van der Waals surface area contributed by atoms with Crippen LogP contribution in [0.2, 0.25) is 0 Å². The average Bonchev–Trinajstić information content (AvgIpc) is 3.34. The second-order valence-corrected chi connectivity index (χ2v) is 12.8. The zero-order chi connectivity index (χ0) is 28.4. The van der Waals surface area contributed by atoms with Crippen LogP contribution in [0.25, 0.3) is 0 Å². The Kier molecular flexibility index (Phi) is 10.0. The number of aryl methyl sites for hydroxylation is 1. The maximum Gasteiger partial charge on any atom is 0.230 e. The number of aromatic nitrogens is 2. The molecule has 0 radical (unpaired) electrons. The first-order valence-corrected chi connectivity index (χ1v) is 15.7. The van der Waals surface area contributed by atoms with Gasteiger partial charge in [0.05, 0.1) is 18.6 Å². The molecule has 0 saturated carbocycles. The predicted molar refractivity (Wildman–Crippen MR) is 156 cm³/mol. The van der Waals surface area contributed by atoms with Gasteiger partial charge in [-0.1, -0.05) is 65.9 Å². The molecule has 1 aromatic heterocycles. The maximum absolute atomic E-state index is 12.5. The predicted octanol–water partition coefficient (Wildman–Crippen LogP) is 3.17. The molecule has 0 bridgehead atoms. The number of unbranched alkanes of at least 4 members (excludes halogenated alkanes) is 1. The fourth-order valence-corrected chi connectivity index (χ4v) is 5.67. The third-order valence-corrected chi connectivity index (χ3v) is 7.63. The monoisotopic (exact) mass is 580 g/mol. The van der Waals surface area contributed by atoms with Crippen molar-refractivity contribution in [2.45, 2.75) is 44.3 Å². The highest BCUT2D eigenvalue weighted by molar-refractivity contribution is 7.89. The van der Waals surface area contributed by atoms with Crippen LogP contribution < -0.4 is 21.5 Å². The van der Waals surface area contributed by atoms with Gasteiger partial charge in [0, 0.05) is 18.4 Å². The van der Waals surface area contributed by atoms with Gasteiger partial charge in [-0.2, -0.15) is 0 Å². The quantitative estimate of drug-likeness (QED) is 0.226. The Labute approximate surface area is 237 Å². The Morgan fingerprint density at radius 1 is 0.825 bits per heavy atom. The van der Waals surface area contributed by atoms with Crippen molar-refractivity contribution < 1.29 is 18.0 Å². The zero-order valence-electron chi connectivity index (χ0n) is 22.1. The fourth-order valence-electron chi connectivity index (χ4n) is 4.09. The van der Waals surface area contributed by atoms with E-state index >= 15 is 0 Å². The van der Waals surface area contributed by atoms with Gasteiger partial charge in [0.25, 0.3) is 0 Å². The topological polar surface area (TPSA) is 142 Å². The second kappa shape index (κ2) is 13.9. The summed E-state index contributed by atoms with van der Waals surface area (Å²) >= 11 is 1.39. The molecule has 0 fully saturated rings. The Morgan fingerprint density at radius 3 is 2.27 bits per heavy atom. The molecule has 1 aliphatic heterocycles. The van der Waals surface area contributed by atoms with E-state index < -0.39 is 9.84 Å². The van der Waals surface area contributed by atoms with Gasteiger partial charge in [-0.3, -0.25) is 15.0 Å². The first-order valence-electron chi connectivity index (χ1n) is 12.9. The normalized spacial score (nSPS) is 12.9. The molecular weight excluding hydrogens is 548 g/mol. The molecule has 2 heterocycles. The minimum atomic E-state index is -3.14. The van der Waals surface area contributed by atoms with Gasteiger partial charge in [0.1, 0.15) is 10.8 Å². The summed E-state index contributed by atoms with van der Waals surface area (Å²) in [6.45, 7) is 0. The lowest BCUT2D eigenvalue weighted by molar-refractivity contribution is -0.120. The van der Waals surface area contributed by atoms with E-state index in [1.165, 1.54) is 17.6 Å². The highest BCUT2D eigenvalue weighted by Gasteiger charge is 2.12. The molecule has 0 saturated heterocycles. The Bertz CT molecular complexity index is 1500. The van der Waals surface area contributed by atoms with Gasteiger partial charge in [-0.25, -0.2) is 8.42 Å². The molecule has 2 aromatic carbocycles. The molecule has 0 unspecified atom stereocenters. The van der Waals surface area contributed by atoms with Crippen molar-refractivity contribution in [2.24, 2.45) is 0 Å². The molecule has 0 spiro atoms. The van der Waals surface area contributed by atoms with Crippen LogP contribution >= 0.6 is 11.3 Å². The number of hydrazine groups is 1. The Balaban J connectivity index is 1.15. The van der Waals surface area contributed by atoms with Crippen LogP contribution in [0.1, 0.15) is 41.0 Å². The number of nitrogens with zero attached hydrogens (tertiary/aromatic N) is 2. The third kappa shape index (κ3) is 9.93. The fraction of sp³-hybridized carbons (Fsp3) is 0.286. The number of hydrogen-bond donors (Lipinski definition) is 4. The number of benzene rings is 2. The number of carbonyl (C=O) groups is 2. The molecule has 3 aromatic rings. The van der Waals surface area contributed by atoms with Crippen LogP contribution in [0.15, 0.2) is 78.3 Å². The van der Waals surface area contributed by atoms with Crippen LogP contribution in [0.4, 0.5) is 5.13 Å². The van der Waals surface area contributed by atoms with Gasteiger partial charge >= 0.3 is 0 Å². The summed E-state index contributed by atoms with van der Waals surface area (Å²) < 4.78 is 23.1. The van der Waals surface area contributed by atoms with Crippen LogP contribution in [-0.4, -0.2) is 36.7 Å². The van der Waals surface area contributed by atoms with E-state index in [4.69, 9.17) is 0 Å². The van der Waals surface area contributed by atoms with E-state index in [0.29, 0.717) is 22.9 Å². The average molecular weight is 581 g/mol. The number of amides is 2. The van der Waals surface area contributed by atoms with Crippen LogP contribution in [0.5, 0.6) is 0 Å². The summed E-state index contributed by atoms with van der Waals surface area (Å²) in [4.78, 5) is 24.7. The third-order valence-electron chi connectivity index (χ3n) is 5.88. The summed E-state index contributed by atoms with van der Waals surface area (Å²) in [5.74, 6) is 0.166. The number of hydrogen-bond acceptors (Lipinski definition) is 9. The lowest BCUT2D eigenvalue weighted by Crippen LogP contribution is -2.41. The number of nitrogens with one attached hydrogen (secondary N) is 4. The lowest BCUT2D eigenvalue weighted by Gasteiger charge is -2.20. The van der Waals surface area contributed by atoms with Crippen molar-refractivity contribution >= 4 is 38.1 Å². The summed E-state index contributed by atoms with van der Waals surface area (Å²) in [7, 11) is -3.14. The number of sulfone groups is 1. The standard InChI is InChI=1S/C28H32N6O4S2/c1-40(37,38)19-22-11-7-10-21(16-22)18-25(35)29-24-15-14-23(31-32-24)12-5-6-13-27-33-34-28(39-27)30-26(36)17-20-8-3-2-4-9-20/h2-4,7-11,14-16,31-32H,5-6,12-13,17-19H2,1H3,(H,29,35)(H,30,34,36). The zero-order valence-corrected chi connectivity index (χ0v) is 23.8. The van der Waals surface area contributed by atoms with Crippen molar-refractivity contribution in [3.63, 3.8) is 0 Å². The van der Waals surface area contributed by atoms with Gasteiger partial charge in [0.2, 0.25) is 16.9 Å².